The van der Waals surface area contributed by atoms with Crippen LogP contribution in [-0.2, 0) is 23.9 Å². The van der Waals surface area contributed by atoms with Crippen molar-refractivity contribution in [1.82, 2.24) is 10.2 Å². The highest BCUT2D eigenvalue weighted by molar-refractivity contribution is 5.95. The average Bonchev–Trinajstić information content (AvgIpc) is 2.98. The third kappa shape index (κ3) is 6.52. The monoisotopic (exact) mass is 368 g/mol. The van der Waals surface area contributed by atoms with Crippen LogP contribution in [0.2, 0.25) is 0 Å². The van der Waals surface area contributed by atoms with Crippen LogP contribution in [-0.4, -0.2) is 58.6 Å². The molecule has 1 aliphatic rings. The van der Waals surface area contributed by atoms with Gasteiger partial charge in [0, 0.05) is 19.9 Å². The van der Waals surface area contributed by atoms with E-state index in [0.29, 0.717) is 19.3 Å². The minimum Gasteiger partial charge on any atom is -0.460 e. The van der Waals surface area contributed by atoms with Gasteiger partial charge in [0.2, 0.25) is 5.91 Å². The van der Waals surface area contributed by atoms with Crippen molar-refractivity contribution in [2.75, 3.05) is 6.54 Å². The van der Waals surface area contributed by atoms with Crippen LogP contribution in [0.5, 0.6) is 0 Å². The van der Waals surface area contributed by atoms with Crippen molar-refractivity contribution < 1.29 is 23.9 Å². The van der Waals surface area contributed by atoms with Crippen LogP contribution in [0.3, 0.4) is 0 Å². The molecule has 0 bridgehead atoms. The zero-order chi connectivity index (χ0) is 20.1. The first-order chi connectivity index (χ1) is 11.9. The fourth-order valence-electron chi connectivity index (χ4n) is 3.21. The van der Waals surface area contributed by atoms with Crippen molar-refractivity contribution in [3.8, 4) is 0 Å². The molecule has 2 unspecified atom stereocenters. The van der Waals surface area contributed by atoms with Crippen molar-refractivity contribution in [3.63, 3.8) is 0 Å². The van der Waals surface area contributed by atoms with E-state index in [0.717, 1.165) is 6.42 Å². The first-order valence-corrected chi connectivity index (χ1v) is 9.14. The number of Topliss-reactive ketones (excluding diaryl/α,β-unsaturated/α-hetero) is 1. The number of likely N-dealkylation sites (tertiary alicyclic amines) is 1. The van der Waals surface area contributed by atoms with E-state index in [1.54, 1.807) is 39.5 Å². The summed E-state index contributed by atoms with van der Waals surface area (Å²) in [6.45, 7) is 10.8. The number of hydrogen-bond acceptors (Lipinski definition) is 6. The van der Waals surface area contributed by atoms with Crippen LogP contribution in [0.1, 0.15) is 67.2 Å². The number of rotatable bonds is 8. The van der Waals surface area contributed by atoms with Gasteiger partial charge in [0.05, 0.1) is 17.6 Å². The Kier molecular flexibility index (Phi) is 7.50. The van der Waals surface area contributed by atoms with Gasteiger partial charge in [0.1, 0.15) is 11.9 Å². The fourth-order valence-corrected chi connectivity index (χ4v) is 3.21. The van der Waals surface area contributed by atoms with E-state index in [9.17, 15) is 19.2 Å². The molecule has 1 N–H and O–H groups in total. The van der Waals surface area contributed by atoms with Crippen molar-refractivity contribution in [1.29, 1.82) is 0 Å². The molecule has 1 heterocycles. The van der Waals surface area contributed by atoms with Crippen LogP contribution in [0.4, 0.5) is 0 Å². The summed E-state index contributed by atoms with van der Waals surface area (Å²) in [4.78, 5) is 49.4. The molecule has 148 valence electrons. The minimum atomic E-state index is -0.984. The highest BCUT2D eigenvalue weighted by Crippen LogP contribution is 2.23. The van der Waals surface area contributed by atoms with E-state index in [2.05, 4.69) is 5.32 Å². The van der Waals surface area contributed by atoms with E-state index >= 15 is 0 Å². The van der Waals surface area contributed by atoms with Crippen LogP contribution >= 0.6 is 0 Å². The summed E-state index contributed by atoms with van der Waals surface area (Å²) >= 11 is 0. The quantitative estimate of drug-likeness (QED) is 0.517. The normalized spacial score (nSPS) is 19.2. The Morgan fingerprint density at radius 1 is 1.23 bits per heavy atom. The maximum absolute atomic E-state index is 12.9. The van der Waals surface area contributed by atoms with Crippen molar-refractivity contribution >= 4 is 23.9 Å². The van der Waals surface area contributed by atoms with Crippen molar-refractivity contribution in [2.45, 2.75) is 90.4 Å². The second-order valence-corrected chi connectivity index (χ2v) is 8.37. The number of amides is 1. The zero-order valence-corrected chi connectivity index (χ0v) is 16.8. The molecule has 1 amide bonds. The Morgan fingerprint density at radius 3 is 2.35 bits per heavy atom. The molecule has 1 fully saturated rings. The Morgan fingerprint density at radius 2 is 1.85 bits per heavy atom. The third-order valence-corrected chi connectivity index (χ3v) is 4.37. The first-order valence-electron chi connectivity index (χ1n) is 9.14. The summed E-state index contributed by atoms with van der Waals surface area (Å²) in [6, 6.07) is -1.11. The molecule has 0 aromatic heterocycles. The number of carbonyl (C=O) groups is 4. The molecule has 0 radical (unpaired) electrons. The summed E-state index contributed by atoms with van der Waals surface area (Å²) in [5.74, 6) is -0.614. The Hall–Kier alpha value is -1.76. The second-order valence-electron chi connectivity index (χ2n) is 8.37. The maximum atomic E-state index is 12.9. The lowest BCUT2D eigenvalue weighted by Gasteiger charge is -2.33. The Balaban J connectivity index is 2.67. The summed E-state index contributed by atoms with van der Waals surface area (Å²) in [5, 5.41) is 3.03. The molecular formula is C19H32N2O5. The molecule has 0 aliphatic carbocycles. The van der Waals surface area contributed by atoms with Gasteiger partial charge in [-0.3, -0.25) is 19.7 Å². The molecule has 0 aromatic carbocycles. The molecule has 0 saturated carbocycles. The molecule has 1 rings (SSSR count). The minimum absolute atomic E-state index is 0.0843. The first kappa shape index (κ1) is 22.3. The SMILES string of the molecule is CC(=O)N1CCCC1C(=O)C(C)(C)NC(C=O)CCC(=O)OC(C)(C)C. The topological polar surface area (TPSA) is 92.8 Å². The molecular weight excluding hydrogens is 336 g/mol. The van der Waals surface area contributed by atoms with Gasteiger partial charge < -0.3 is 14.4 Å². The molecule has 26 heavy (non-hydrogen) atoms. The van der Waals surface area contributed by atoms with Gasteiger partial charge in [-0.15, -0.1) is 0 Å². The predicted molar refractivity (Wildman–Crippen MR) is 97.6 cm³/mol. The van der Waals surface area contributed by atoms with E-state index in [1.807, 2.05) is 0 Å². The van der Waals surface area contributed by atoms with Gasteiger partial charge in [0.25, 0.3) is 0 Å². The van der Waals surface area contributed by atoms with E-state index < -0.39 is 23.2 Å². The summed E-state index contributed by atoms with van der Waals surface area (Å²) < 4.78 is 5.24. The number of carbonyl (C=O) groups excluding carboxylic acids is 4. The molecule has 0 spiro atoms. The lowest BCUT2D eigenvalue weighted by molar-refractivity contribution is -0.155. The van der Waals surface area contributed by atoms with Crippen LogP contribution in [0, 0.1) is 0 Å². The largest absolute Gasteiger partial charge is 0.460 e. The van der Waals surface area contributed by atoms with E-state index in [-0.39, 0.29) is 30.5 Å². The van der Waals surface area contributed by atoms with E-state index in [4.69, 9.17) is 4.74 Å². The molecule has 1 saturated heterocycles. The Bertz CT molecular complexity index is 551. The average molecular weight is 368 g/mol. The standard InChI is InChI=1S/C19H32N2O5/c1-13(23)21-11-7-8-15(21)17(25)19(5,6)20-14(12-22)9-10-16(24)26-18(2,3)4/h12,14-15,20H,7-11H2,1-6H3. The van der Waals surface area contributed by atoms with E-state index in [1.165, 1.54) is 6.92 Å². The van der Waals surface area contributed by atoms with Gasteiger partial charge in [0.15, 0.2) is 5.78 Å². The number of nitrogens with one attached hydrogen (secondary N) is 1. The Labute approximate surface area is 155 Å². The summed E-state index contributed by atoms with van der Waals surface area (Å²) in [5.41, 5.74) is -1.56. The van der Waals surface area contributed by atoms with Crippen LogP contribution in [0.25, 0.3) is 0 Å². The lowest BCUT2D eigenvalue weighted by atomic mass is 9.90. The van der Waals surface area contributed by atoms with Crippen LogP contribution in [0.15, 0.2) is 0 Å². The van der Waals surface area contributed by atoms with Gasteiger partial charge >= 0.3 is 5.97 Å². The van der Waals surface area contributed by atoms with Crippen molar-refractivity contribution in [3.05, 3.63) is 0 Å². The van der Waals surface area contributed by atoms with Gasteiger partial charge in [-0.2, -0.15) is 0 Å². The van der Waals surface area contributed by atoms with Crippen LogP contribution < -0.4 is 5.32 Å². The highest BCUT2D eigenvalue weighted by atomic mass is 16.6. The number of ketones is 1. The zero-order valence-electron chi connectivity index (χ0n) is 16.8. The number of aldehydes is 1. The molecule has 7 heteroatoms. The fraction of sp³-hybridized carbons (Fsp3) is 0.789. The molecule has 2 atom stereocenters. The molecule has 7 nitrogen and oxygen atoms in total. The maximum Gasteiger partial charge on any atom is 0.306 e. The smallest absolute Gasteiger partial charge is 0.306 e. The number of nitrogens with zero attached hydrogens (tertiary/aromatic N) is 1. The highest BCUT2D eigenvalue weighted by Gasteiger charge is 2.41. The predicted octanol–water partition coefficient (Wildman–Crippen LogP) is 1.62. The molecule has 0 aromatic rings. The van der Waals surface area contributed by atoms with Gasteiger partial charge in [-0.1, -0.05) is 0 Å². The second kappa shape index (κ2) is 8.75. The summed E-state index contributed by atoms with van der Waals surface area (Å²) in [6.07, 6.45) is 2.46. The summed E-state index contributed by atoms with van der Waals surface area (Å²) in [7, 11) is 0. The molecule has 1 aliphatic heterocycles. The lowest BCUT2D eigenvalue weighted by Crippen LogP contribution is -2.58. The van der Waals surface area contributed by atoms with Gasteiger partial charge in [-0.05, 0) is 53.9 Å². The third-order valence-electron chi connectivity index (χ3n) is 4.37. The number of hydrogen-bond donors (Lipinski definition) is 1. The number of ether oxygens (including phenoxy) is 1. The van der Waals surface area contributed by atoms with Gasteiger partial charge in [-0.25, -0.2) is 0 Å². The number of esters is 1. The van der Waals surface area contributed by atoms with Crippen molar-refractivity contribution in [2.24, 2.45) is 0 Å².